The van der Waals surface area contributed by atoms with Crippen LogP contribution in [0.1, 0.15) is 16.7 Å². The van der Waals surface area contributed by atoms with Crippen molar-refractivity contribution in [2.45, 2.75) is 36.8 Å². The van der Waals surface area contributed by atoms with Crippen LogP contribution >= 0.6 is 0 Å². The number of carbonyl (C=O) groups is 1. The second-order valence-electron chi connectivity index (χ2n) is 8.61. The Hall–Kier alpha value is -3.94. The number of carbonyl (C=O) groups excluding carboxylic acids is 1. The number of ether oxygens (including phenoxy) is 1. The highest BCUT2D eigenvalue weighted by atomic mass is 19.4. The summed E-state index contributed by atoms with van der Waals surface area (Å²) in [5.74, 6) is -3.06. The highest BCUT2D eigenvalue weighted by Gasteiger charge is 2.45. The standard InChI is InChI=1S/C26H21F9N2O3/c27-18-8-6-16(7-9-18)24(13-15-4-2-1-3-5-15,37-23(39)36-14-21(38)25(31,32)33)17-10-19(28)12-20(11-17)40-26(34,35)22(29)30/h1-12,21-22,38H,13-14H2,(H2,36,37,39)/t21-,24+/m0/s1. The van der Waals surface area contributed by atoms with E-state index in [0.717, 1.165) is 36.4 Å². The normalized spacial score (nSPS) is 14.4. The van der Waals surface area contributed by atoms with Crippen LogP contribution in [0.2, 0.25) is 0 Å². The molecule has 0 bridgehead atoms. The summed E-state index contributed by atoms with van der Waals surface area (Å²) in [6.45, 7) is -1.29. The Kier molecular flexibility index (Phi) is 9.23. The summed E-state index contributed by atoms with van der Waals surface area (Å²) in [6, 6.07) is 12.6. The number of urea groups is 1. The molecule has 3 rings (SSSR count). The van der Waals surface area contributed by atoms with Crippen LogP contribution in [0.15, 0.2) is 72.8 Å². The monoisotopic (exact) mass is 580 g/mol. The Morgan fingerprint density at radius 3 is 2.05 bits per heavy atom. The summed E-state index contributed by atoms with van der Waals surface area (Å²) in [5.41, 5.74) is -1.97. The molecule has 0 radical (unpaired) electrons. The average Bonchev–Trinajstić information content (AvgIpc) is 2.86. The summed E-state index contributed by atoms with van der Waals surface area (Å²) in [5, 5.41) is 13.4. The van der Waals surface area contributed by atoms with Gasteiger partial charge in [-0.05, 0) is 41.0 Å². The predicted octanol–water partition coefficient (Wildman–Crippen LogP) is 5.91. The molecule has 0 aromatic heterocycles. The van der Waals surface area contributed by atoms with Crippen LogP contribution < -0.4 is 15.4 Å². The molecule has 0 heterocycles. The summed E-state index contributed by atoms with van der Waals surface area (Å²) in [4.78, 5) is 12.9. The van der Waals surface area contributed by atoms with Crippen molar-refractivity contribution in [3.8, 4) is 5.75 Å². The predicted molar refractivity (Wildman–Crippen MR) is 124 cm³/mol. The molecule has 2 atom stereocenters. The van der Waals surface area contributed by atoms with Crippen LogP contribution in [0.4, 0.5) is 44.3 Å². The van der Waals surface area contributed by atoms with Crippen molar-refractivity contribution in [3.63, 3.8) is 0 Å². The van der Waals surface area contributed by atoms with Crippen molar-refractivity contribution >= 4 is 6.03 Å². The first-order valence-corrected chi connectivity index (χ1v) is 11.4. The van der Waals surface area contributed by atoms with E-state index in [2.05, 4.69) is 10.1 Å². The van der Waals surface area contributed by atoms with E-state index < -0.39 is 60.3 Å². The maximum absolute atomic E-state index is 14.7. The molecule has 2 amide bonds. The molecule has 40 heavy (non-hydrogen) atoms. The zero-order valence-electron chi connectivity index (χ0n) is 20.2. The molecule has 0 aliphatic rings. The number of hydrogen-bond donors (Lipinski definition) is 3. The van der Waals surface area contributed by atoms with E-state index in [1.807, 2.05) is 5.32 Å². The lowest BCUT2D eigenvalue weighted by Crippen LogP contribution is -2.54. The lowest BCUT2D eigenvalue weighted by atomic mass is 9.77. The van der Waals surface area contributed by atoms with E-state index in [4.69, 9.17) is 0 Å². The number of rotatable bonds is 10. The molecule has 3 aromatic rings. The fourth-order valence-corrected chi connectivity index (χ4v) is 3.81. The van der Waals surface area contributed by atoms with Gasteiger partial charge in [0.25, 0.3) is 0 Å². The second kappa shape index (κ2) is 12.1. The number of aliphatic hydroxyl groups excluding tert-OH is 1. The molecule has 3 aromatic carbocycles. The lowest BCUT2D eigenvalue weighted by Gasteiger charge is -2.37. The van der Waals surface area contributed by atoms with Crippen molar-refractivity contribution in [3.05, 3.63) is 101 Å². The van der Waals surface area contributed by atoms with Crippen molar-refractivity contribution < 1.29 is 54.2 Å². The molecule has 0 unspecified atom stereocenters. The number of hydrogen-bond acceptors (Lipinski definition) is 3. The van der Waals surface area contributed by atoms with E-state index in [1.54, 1.807) is 30.3 Å². The molecule has 5 nitrogen and oxygen atoms in total. The second-order valence-corrected chi connectivity index (χ2v) is 8.61. The maximum atomic E-state index is 14.7. The van der Waals surface area contributed by atoms with E-state index >= 15 is 0 Å². The SMILES string of the molecule is O=C(NC[C@H](O)C(F)(F)F)N[C@](Cc1ccccc1)(c1ccc(F)cc1)c1cc(F)cc(OC(F)(F)C(F)F)c1. The fourth-order valence-electron chi connectivity index (χ4n) is 3.81. The van der Waals surface area contributed by atoms with Gasteiger partial charge in [0.15, 0.2) is 6.10 Å². The van der Waals surface area contributed by atoms with Gasteiger partial charge in [-0.2, -0.15) is 30.7 Å². The number of amides is 2. The van der Waals surface area contributed by atoms with Crippen LogP contribution in [-0.2, 0) is 12.0 Å². The Morgan fingerprint density at radius 1 is 0.850 bits per heavy atom. The van der Waals surface area contributed by atoms with E-state index in [9.17, 15) is 49.4 Å². The summed E-state index contributed by atoms with van der Waals surface area (Å²) in [7, 11) is 0. The number of halogens is 9. The smallest absolute Gasteiger partial charge is 0.428 e. The number of benzene rings is 3. The lowest BCUT2D eigenvalue weighted by molar-refractivity contribution is -0.253. The van der Waals surface area contributed by atoms with Gasteiger partial charge in [0, 0.05) is 12.5 Å². The zero-order chi connectivity index (χ0) is 29.7. The van der Waals surface area contributed by atoms with Crippen LogP contribution in [0.5, 0.6) is 5.75 Å². The third kappa shape index (κ3) is 7.58. The highest BCUT2D eigenvalue weighted by molar-refractivity contribution is 5.76. The van der Waals surface area contributed by atoms with Gasteiger partial charge in [-0.15, -0.1) is 0 Å². The molecule has 0 aliphatic heterocycles. The Morgan fingerprint density at radius 2 is 1.48 bits per heavy atom. The first kappa shape index (κ1) is 30.6. The van der Waals surface area contributed by atoms with Gasteiger partial charge in [0.1, 0.15) is 17.4 Å². The number of alkyl halides is 7. The molecule has 216 valence electrons. The average molecular weight is 580 g/mol. The quantitative estimate of drug-likeness (QED) is 0.261. The highest BCUT2D eigenvalue weighted by Crippen LogP contribution is 2.38. The van der Waals surface area contributed by atoms with Crippen molar-refractivity contribution in [2.75, 3.05) is 6.54 Å². The van der Waals surface area contributed by atoms with Gasteiger partial charge < -0.3 is 20.5 Å². The van der Waals surface area contributed by atoms with Gasteiger partial charge in [-0.25, -0.2) is 13.6 Å². The summed E-state index contributed by atoms with van der Waals surface area (Å²) < 4.78 is 124. The molecule has 0 saturated heterocycles. The van der Waals surface area contributed by atoms with Crippen molar-refractivity contribution in [1.82, 2.24) is 10.6 Å². The summed E-state index contributed by atoms with van der Waals surface area (Å²) in [6.07, 6.45) is -17.6. The summed E-state index contributed by atoms with van der Waals surface area (Å²) >= 11 is 0. The minimum Gasteiger partial charge on any atom is -0.428 e. The largest absolute Gasteiger partial charge is 0.461 e. The number of aliphatic hydroxyl groups is 1. The minimum atomic E-state index is -5.07. The maximum Gasteiger partial charge on any atom is 0.461 e. The van der Waals surface area contributed by atoms with Gasteiger partial charge >= 0.3 is 24.7 Å². The van der Waals surface area contributed by atoms with E-state index in [-0.39, 0.29) is 17.5 Å². The third-order valence-electron chi connectivity index (χ3n) is 5.68. The van der Waals surface area contributed by atoms with E-state index in [1.165, 1.54) is 0 Å². The van der Waals surface area contributed by atoms with Crippen LogP contribution in [0, 0.1) is 11.6 Å². The molecule has 3 N–H and O–H groups in total. The van der Waals surface area contributed by atoms with Gasteiger partial charge in [0.05, 0.1) is 12.1 Å². The van der Waals surface area contributed by atoms with Crippen LogP contribution in [-0.4, -0.2) is 42.5 Å². The molecule has 0 spiro atoms. The first-order chi connectivity index (χ1) is 18.6. The van der Waals surface area contributed by atoms with Gasteiger partial charge in [0.2, 0.25) is 0 Å². The van der Waals surface area contributed by atoms with E-state index in [0.29, 0.717) is 11.6 Å². The molecule has 0 aliphatic carbocycles. The fraction of sp³-hybridized carbons (Fsp3) is 0.269. The van der Waals surface area contributed by atoms with Gasteiger partial charge in [-0.3, -0.25) is 0 Å². The molecular formula is C26H21F9N2O3. The van der Waals surface area contributed by atoms with Gasteiger partial charge in [-0.1, -0.05) is 42.5 Å². The number of nitrogens with one attached hydrogen (secondary N) is 2. The topological polar surface area (TPSA) is 70.6 Å². The first-order valence-electron chi connectivity index (χ1n) is 11.4. The van der Waals surface area contributed by atoms with Crippen molar-refractivity contribution in [2.24, 2.45) is 0 Å². The third-order valence-corrected chi connectivity index (χ3v) is 5.68. The molecular weight excluding hydrogens is 559 g/mol. The molecule has 14 heteroatoms. The Bertz CT molecular complexity index is 1290. The Balaban J connectivity index is 2.18. The van der Waals surface area contributed by atoms with Crippen LogP contribution in [0.25, 0.3) is 0 Å². The minimum absolute atomic E-state index is 0.00134. The Labute approximate surface area is 221 Å². The van der Waals surface area contributed by atoms with Crippen molar-refractivity contribution in [1.29, 1.82) is 0 Å². The zero-order valence-corrected chi connectivity index (χ0v) is 20.2. The molecule has 0 saturated carbocycles. The molecule has 0 fully saturated rings. The van der Waals surface area contributed by atoms with Crippen LogP contribution in [0.3, 0.4) is 0 Å².